The largest absolute Gasteiger partial charge is 0.516 e. The van der Waals surface area contributed by atoms with E-state index in [0.29, 0.717) is 6.04 Å². The van der Waals surface area contributed by atoms with E-state index >= 15 is 0 Å². The van der Waals surface area contributed by atoms with Gasteiger partial charge >= 0.3 is 8.88 Å². The third-order valence-corrected chi connectivity index (χ3v) is 4.15. The molecule has 0 saturated carbocycles. The van der Waals surface area contributed by atoms with Crippen LogP contribution in [0.1, 0.15) is 13.8 Å². The Kier molecular flexibility index (Phi) is 4.86. The summed E-state index contributed by atoms with van der Waals surface area (Å²) in [6.45, 7) is 4.11. The molecular formula is C6H18N2O2Si. The topological polar surface area (TPSA) is 42.5 Å². The molecule has 0 aromatic carbocycles. The first kappa shape index (κ1) is 11.1. The van der Waals surface area contributed by atoms with E-state index in [4.69, 9.17) is 8.85 Å². The fraction of sp³-hybridized carbons (Fsp3) is 1.00. The fourth-order valence-electron chi connectivity index (χ4n) is 0.858. The van der Waals surface area contributed by atoms with Crippen molar-refractivity contribution in [1.82, 2.24) is 9.96 Å². The quantitative estimate of drug-likeness (QED) is 0.579. The van der Waals surface area contributed by atoms with E-state index < -0.39 is 8.88 Å². The predicted octanol–water partition coefficient (Wildman–Crippen LogP) is -0.0678. The van der Waals surface area contributed by atoms with Crippen LogP contribution in [0.3, 0.4) is 0 Å². The van der Waals surface area contributed by atoms with Crippen molar-refractivity contribution < 1.29 is 8.85 Å². The van der Waals surface area contributed by atoms with E-state index in [-0.39, 0.29) is 0 Å². The second-order valence-electron chi connectivity index (χ2n) is 2.57. The third kappa shape index (κ3) is 3.30. The monoisotopic (exact) mass is 178 g/mol. The van der Waals surface area contributed by atoms with Crippen LogP contribution >= 0.6 is 0 Å². The molecule has 0 heterocycles. The minimum atomic E-state index is -2.28. The van der Waals surface area contributed by atoms with Crippen LogP contribution in [0, 0.1) is 0 Å². The lowest BCUT2D eigenvalue weighted by molar-refractivity contribution is 0.213. The van der Waals surface area contributed by atoms with Crippen LogP contribution in [0.2, 0.25) is 0 Å². The molecular weight excluding hydrogens is 160 g/mol. The SMILES string of the molecule is CN[Si](NC(C)C)(OC)OC. The molecule has 0 rings (SSSR count). The number of rotatable bonds is 5. The Labute approximate surface area is 69.7 Å². The zero-order valence-electron chi connectivity index (χ0n) is 7.89. The van der Waals surface area contributed by atoms with Crippen molar-refractivity contribution in [3.63, 3.8) is 0 Å². The molecule has 5 heteroatoms. The van der Waals surface area contributed by atoms with Crippen LogP contribution in [-0.4, -0.2) is 36.2 Å². The van der Waals surface area contributed by atoms with Gasteiger partial charge in [0.15, 0.2) is 0 Å². The average molecular weight is 178 g/mol. The van der Waals surface area contributed by atoms with Gasteiger partial charge in [-0.2, -0.15) is 0 Å². The molecule has 0 aliphatic heterocycles. The van der Waals surface area contributed by atoms with E-state index in [9.17, 15) is 0 Å². The maximum Gasteiger partial charge on any atom is 0.516 e. The Balaban J connectivity index is 4.05. The zero-order chi connectivity index (χ0) is 8.91. The minimum absolute atomic E-state index is 0.356. The Morgan fingerprint density at radius 1 is 1.18 bits per heavy atom. The molecule has 0 radical (unpaired) electrons. The van der Waals surface area contributed by atoms with Gasteiger partial charge in [-0.05, 0) is 7.05 Å². The summed E-state index contributed by atoms with van der Waals surface area (Å²) in [4.78, 5) is 6.26. The van der Waals surface area contributed by atoms with Crippen molar-refractivity contribution in [2.75, 3.05) is 21.3 Å². The van der Waals surface area contributed by atoms with Crippen LogP contribution < -0.4 is 9.96 Å². The standard InChI is InChI=1S/C6H18N2O2Si/c1-6(2)8-11(7-3,9-4)10-5/h6-8H,1-5H3. The molecule has 0 aliphatic rings. The van der Waals surface area contributed by atoms with E-state index in [1.54, 1.807) is 14.2 Å². The maximum atomic E-state index is 5.24. The molecule has 0 amide bonds. The highest BCUT2D eigenvalue weighted by atomic mass is 28.4. The Hall–Kier alpha value is 0.0569. The molecule has 0 fully saturated rings. The highest BCUT2D eigenvalue weighted by Gasteiger charge is 2.35. The second kappa shape index (κ2) is 4.84. The smallest absolute Gasteiger partial charge is 0.374 e. The van der Waals surface area contributed by atoms with Gasteiger partial charge in [0, 0.05) is 20.3 Å². The van der Waals surface area contributed by atoms with Crippen LogP contribution in [0.4, 0.5) is 0 Å². The number of hydrogen-bond acceptors (Lipinski definition) is 4. The number of hydrogen-bond donors (Lipinski definition) is 2. The van der Waals surface area contributed by atoms with Crippen LogP contribution in [0.5, 0.6) is 0 Å². The van der Waals surface area contributed by atoms with E-state index in [1.807, 2.05) is 7.05 Å². The molecule has 68 valence electrons. The van der Waals surface area contributed by atoms with Gasteiger partial charge in [-0.3, -0.25) is 9.96 Å². The Bertz CT molecular complexity index is 98.5. The van der Waals surface area contributed by atoms with Crippen LogP contribution in [0.25, 0.3) is 0 Å². The molecule has 0 aromatic rings. The van der Waals surface area contributed by atoms with Crippen molar-refractivity contribution in [3.8, 4) is 0 Å². The average Bonchev–Trinajstić information content (AvgIpc) is 2.00. The summed E-state index contributed by atoms with van der Waals surface area (Å²) in [5, 5.41) is 0. The van der Waals surface area contributed by atoms with Gasteiger partial charge in [0.25, 0.3) is 0 Å². The second-order valence-corrected chi connectivity index (χ2v) is 5.41. The van der Waals surface area contributed by atoms with Crippen LogP contribution in [-0.2, 0) is 8.85 Å². The van der Waals surface area contributed by atoms with Crippen molar-refractivity contribution in [2.24, 2.45) is 0 Å². The lowest BCUT2D eigenvalue weighted by Gasteiger charge is -2.28. The summed E-state index contributed by atoms with van der Waals surface area (Å²) in [6, 6.07) is 0.356. The molecule has 0 unspecified atom stereocenters. The molecule has 2 N–H and O–H groups in total. The van der Waals surface area contributed by atoms with Crippen LogP contribution in [0.15, 0.2) is 0 Å². The zero-order valence-corrected chi connectivity index (χ0v) is 8.89. The first-order chi connectivity index (χ1) is 5.10. The lowest BCUT2D eigenvalue weighted by atomic mass is 10.4. The molecule has 0 spiro atoms. The molecule has 0 aliphatic carbocycles. The molecule has 0 saturated heterocycles. The van der Waals surface area contributed by atoms with Crippen molar-refractivity contribution in [3.05, 3.63) is 0 Å². The van der Waals surface area contributed by atoms with Gasteiger partial charge in [-0.1, -0.05) is 13.8 Å². The maximum absolute atomic E-state index is 5.24. The van der Waals surface area contributed by atoms with E-state index in [2.05, 4.69) is 23.8 Å². The van der Waals surface area contributed by atoms with E-state index in [1.165, 1.54) is 0 Å². The summed E-state index contributed by atoms with van der Waals surface area (Å²) in [5.74, 6) is 0. The summed E-state index contributed by atoms with van der Waals surface area (Å²) in [5.41, 5.74) is 0. The fourth-order valence-corrected chi connectivity index (χ4v) is 2.57. The third-order valence-electron chi connectivity index (χ3n) is 1.38. The van der Waals surface area contributed by atoms with Crippen molar-refractivity contribution in [2.45, 2.75) is 19.9 Å². The van der Waals surface area contributed by atoms with E-state index in [0.717, 1.165) is 0 Å². The molecule has 11 heavy (non-hydrogen) atoms. The molecule has 0 atom stereocenters. The summed E-state index contributed by atoms with van der Waals surface area (Å²) < 4.78 is 10.5. The summed E-state index contributed by atoms with van der Waals surface area (Å²) in [6.07, 6.45) is 0. The van der Waals surface area contributed by atoms with Gasteiger partial charge in [0.05, 0.1) is 0 Å². The highest BCUT2D eigenvalue weighted by molar-refractivity contribution is 6.62. The molecule has 0 aromatic heterocycles. The van der Waals surface area contributed by atoms with Crippen molar-refractivity contribution >= 4 is 8.88 Å². The highest BCUT2D eigenvalue weighted by Crippen LogP contribution is 1.96. The normalized spacial score (nSPS) is 12.5. The first-order valence-electron chi connectivity index (χ1n) is 3.67. The van der Waals surface area contributed by atoms with Gasteiger partial charge in [-0.15, -0.1) is 0 Å². The van der Waals surface area contributed by atoms with Gasteiger partial charge in [0.1, 0.15) is 0 Å². The Morgan fingerprint density at radius 3 is 1.73 bits per heavy atom. The van der Waals surface area contributed by atoms with Gasteiger partial charge in [-0.25, -0.2) is 0 Å². The summed E-state index contributed by atoms with van der Waals surface area (Å²) in [7, 11) is 2.83. The predicted molar refractivity (Wildman–Crippen MR) is 47.1 cm³/mol. The molecule has 0 bridgehead atoms. The molecule has 4 nitrogen and oxygen atoms in total. The Morgan fingerprint density at radius 2 is 1.64 bits per heavy atom. The van der Waals surface area contributed by atoms with Gasteiger partial charge < -0.3 is 8.85 Å². The minimum Gasteiger partial charge on any atom is -0.374 e. The number of nitrogens with one attached hydrogen (secondary N) is 2. The van der Waals surface area contributed by atoms with Gasteiger partial charge in [0.2, 0.25) is 0 Å². The summed E-state index contributed by atoms with van der Waals surface area (Å²) >= 11 is 0. The lowest BCUT2D eigenvalue weighted by Crippen LogP contribution is -2.66. The van der Waals surface area contributed by atoms with Crippen molar-refractivity contribution in [1.29, 1.82) is 0 Å². The first-order valence-corrected chi connectivity index (χ1v) is 5.48.